The molecule has 4 N–H and O–H groups in total. The molecule has 0 bridgehead atoms. The van der Waals surface area contributed by atoms with Crippen molar-refractivity contribution in [1.29, 1.82) is 5.26 Å². The fraction of sp³-hybridized carbons (Fsp3) is 0.263. The molecule has 0 fully saturated rings. The molecule has 0 heterocycles. The van der Waals surface area contributed by atoms with E-state index in [1.807, 2.05) is 18.2 Å². The predicted octanol–water partition coefficient (Wildman–Crippen LogP) is 3.64. The molecule has 0 saturated heterocycles. The summed E-state index contributed by atoms with van der Waals surface area (Å²) in [5.74, 6) is 0. The van der Waals surface area contributed by atoms with Gasteiger partial charge in [-0.3, -0.25) is 0 Å². The number of carbonyl (C=O) groups is 1. The normalized spacial score (nSPS) is 11.4. The van der Waals surface area contributed by atoms with Crippen molar-refractivity contribution in [1.82, 2.24) is 5.32 Å². The Bertz CT molecular complexity index is 762. The van der Waals surface area contributed by atoms with Crippen molar-refractivity contribution in [3.8, 4) is 6.07 Å². The second-order valence-corrected chi connectivity index (χ2v) is 7.16. The first-order chi connectivity index (χ1) is 12.6. The Hall–Kier alpha value is -2.69. The minimum atomic E-state index is -1.34. The van der Waals surface area contributed by atoms with E-state index in [4.69, 9.17) is 11.0 Å². The maximum absolute atomic E-state index is 12.6. The quantitative estimate of drug-likeness (QED) is 0.374. The molecule has 136 valence electrons. The molecule has 0 aliphatic carbocycles. The monoisotopic (exact) mass is 370 g/mol. The molecule has 6 nitrogen and oxygen atoms in total. The molecular weight excluding hydrogens is 348 g/mol. The van der Waals surface area contributed by atoms with Gasteiger partial charge >= 0.3 is 6.03 Å². The number of nitrogens with one attached hydrogen (secondary N) is 2. The van der Waals surface area contributed by atoms with Crippen LogP contribution in [0.1, 0.15) is 25.7 Å². The van der Waals surface area contributed by atoms with Gasteiger partial charge in [-0.05, 0) is 37.1 Å². The highest BCUT2D eigenvalue weighted by Crippen LogP contribution is 2.27. The van der Waals surface area contributed by atoms with Crippen molar-refractivity contribution in [3.05, 3.63) is 48.5 Å². The summed E-state index contributed by atoms with van der Waals surface area (Å²) in [4.78, 5) is 13.3. The molecule has 7 heteroatoms. The Kier molecular flexibility index (Phi) is 7.80. The molecule has 0 aromatic heterocycles. The van der Waals surface area contributed by atoms with Crippen LogP contribution in [-0.2, 0) is 11.2 Å². The summed E-state index contributed by atoms with van der Waals surface area (Å²) < 4.78 is 12.6. The van der Waals surface area contributed by atoms with Gasteiger partial charge in [0, 0.05) is 30.2 Å². The average molecular weight is 370 g/mol. The van der Waals surface area contributed by atoms with Gasteiger partial charge < -0.3 is 20.9 Å². The van der Waals surface area contributed by atoms with Crippen LogP contribution in [0.3, 0.4) is 0 Å². The zero-order chi connectivity index (χ0) is 18.8. The van der Waals surface area contributed by atoms with E-state index in [-0.39, 0.29) is 6.03 Å². The van der Waals surface area contributed by atoms with Crippen LogP contribution in [-0.4, -0.2) is 17.1 Å². The summed E-state index contributed by atoms with van der Waals surface area (Å²) in [6, 6.07) is 15.8. The summed E-state index contributed by atoms with van der Waals surface area (Å²) in [5.41, 5.74) is 6.74. The molecular formula is C19H22N4O2S. The van der Waals surface area contributed by atoms with Gasteiger partial charge in [0.15, 0.2) is 9.79 Å². The highest BCUT2D eigenvalue weighted by Gasteiger charge is 2.16. The minimum Gasteiger partial charge on any atom is -0.606 e. The van der Waals surface area contributed by atoms with Crippen molar-refractivity contribution < 1.29 is 9.35 Å². The minimum absolute atomic E-state index is 0.361. The molecule has 2 rings (SSSR count). The maximum atomic E-state index is 12.6. The van der Waals surface area contributed by atoms with Gasteiger partial charge in [-0.1, -0.05) is 24.6 Å². The summed E-state index contributed by atoms with van der Waals surface area (Å²) in [6.45, 7) is 0.521. The fourth-order valence-corrected chi connectivity index (χ4v) is 3.41. The van der Waals surface area contributed by atoms with Crippen LogP contribution in [0.25, 0.3) is 0 Å². The predicted molar refractivity (Wildman–Crippen MR) is 103 cm³/mol. The molecule has 2 amide bonds. The molecule has 0 aliphatic heterocycles. The number of carbonyl (C=O) groups excluding carboxylic acids is 1. The van der Waals surface area contributed by atoms with E-state index in [2.05, 4.69) is 16.7 Å². The third-order valence-corrected chi connectivity index (χ3v) is 5.08. The third-order valence-electron chi connectivity index (χ3n) is 3.70. The van der Waals surface area contributed by atoms with Crippen LogP contribution in [0.15, 0.2) is 58.3 Å². The van der Waals surface area contributed by atoms with E-state index in [1.165, 1.54) is 0 Å². The first kappa shape index (κ1) is 19.6. The number of hydrogen-bond donors (Lipinski definition) is 3. The Morgan fingerprint density at radius 2 is 1.88 bits per heavy atom. The molecule has 1 atom stereocenters. The number of benzene rings is 2. The van der Waals surface area contributed by atoms with Gasteiger partial charge in [-0.15, -0.1) is 0 Å². The maximum Gasteiger partial charge on any atom is 0.319 e. The number of nitrogens with two attached hydrogens (primary N) is 1. The van der Waals surface area contributed by atoms with Crippen molar-refractivity contribution in [2.45, 2.75) is 35.5 Å². The summed E-state index contributed by atoms with van der Waals surface area (Å²) >= 11 is -1.34. The third kappa shape index (κ3) is 5.99. The fourth-order valence-electron chi connectivity index (χ4n) is 2.31. The standard InChI is InChI=1S/C19H22N4O2S/c20-12-6-1-2-7-13-22-19(24)23-18-14-16(10-11-17(18)21)26(25)15-8-4-3-5-9-15/h3-5,8-11,14H,1-2,6-7,13,21H2,(H2,22,23,24). The number of urea groups is 1. The summed E-state index contributed by atoms with van der Waals surface area (Å²) in [5, 5.41) is 13.9. The second-order valence-electron chi connectivity index (χ2n) is 5.68. The number of rotatable bonds is 8. The SMILES string of the molecule is N#CCCCCCNC(=O)Nc1cc([S+]([O-])c2ccccc2)ccc1N. The molecule has 0 spiro atoms. The van der Waals surface area contributed by atoms with E-state index in [0.717, 1.165) is 19.3 Å². The van der Waals surface area contributed by atoms with Gasteiger partial charge in [0.05, 0.1) is 17.4 Å². The Morgan fingerprint density at radius 1 is 1.12 bits per heavy atom. The smallest absolute Gasteiger partial charge is 0.319 e. The summed E-state index contributed by atoms with van der Waals surface area (Å²) in [6.07, 6.45) is 3.07. The molecule has 1 unspecified atom stereocenters. The topological polar surface area (TPSA) is 114 Å². The van der Waals surface area contributed by atoms with Crippen LogP contribution < -0.4 is 16.4 Å². The van der Waals surface area contributed by atoms with Gasteiger partial charge in [0.25, 0.3) is 0 Å². The van der Waals surface area contributed by atoms with Gasteiger partial charge in [-0.2, -0.15) is 5.26 Å². The molecule has 2 aromatic rings. The molecule has 0 saturated carbocycles. The highest BCUT2D eigenvalue weighted by atomic mass is 32.2. The van der Waals surface area contributed by atoms with Gasteiger partial charge in [0.1, 0.15) is 0 Å². The second kappa shape index (κ2) is 10.3. The van der Waals surface area contributed by atoms with E-state index in [9.17, 15) is 9.35 Å². The number of nitrogen functional groups attached to an aromatic ring is 1. The number of unbranched alkanes of at least 4 members (excludes halogenated alkanes) is 3. The van der Waals surface area contributed by atoms with Crippen LogP contribution >= 0.6 is 0 Å². The largest absolute Gasteiger partial charge is 0.606 e. The first-order valence-corrected chi connectivity index (χ1v) is 9.55. The lowest BCUT2D eigenvalue weighted by Gasteiger charge is -2.13. The van der Waals surface area contributed by atoms with Crippen LogP contribution in [0.2, 0.25) is 0 Å². The molecule has 26 heavy (non-hydrogen) atoms. The number of anilines is 2. The van der Waals surface area contributed by atoms with Crippen molar-refractivity contribution in [3.63, 3.8) is 0 Å². The average Bonchev–Trinajstić information content (AvgIpc) is 2.66. The van der Waals surface area contributed by atoms with Crippen LogP contribution in [0, 0.1) is 11.3 Å². The van der Waals surface area contributed by atoms with Crippen molar-refractivity contribution >= 4 is 28.6 Å². The van der Waals surface area contributed by atoms with E-state index >= 15 is 0 Å². The lowest BCUT2D eigenvalue weighted by Crippen LogP contribution is -2.29. The number of amides is 2. The van der Waals surface area contributed by atoms with Crippen molar-refractivity contribution in [2.75, 3.05) is 17.6 Å². The van der Waals surface area contributed by atoms with E-state index in [0.29, 0.717) is 34.1 Å². The number of nitrogens with zero attached hydrogens (tertiary/aromatic N) is 1. The van der Waals surface area contributed by atoms with Crippen LogP contribution in [0.5, 0.6) is 0 Å². The van der Waals surface area contributed by atoms with E-state index in [1.54, 1.807) is 30.3 Å². The lowest BCUT2D eigenvalue weighted by atomic mass is 10.2. The highest BCUT2D eigenvalue weighted by molar-refractivity contribution is 7.91. The first-order valence-electron chi connectivity index (χ1n) is 8.40. The Morgan fingerprint density at radius 3 is 2.62 bits per heavy atom. The van der Waals surface area contributed by atoms with Crippen LogP contribution in [0.4, 0.5) is 16.2 Å². The van der Waals surface area contributed by atoms with E-state index < -0.39 is 11.2 Å². The van der Waals surface area contributed by atoms with Crippen molar-refractivity contribution in [2.24, 2.45) is 0 Å². The zero-order valence-corrected chi connectivity index (χ0v) is 15.2. The number of nitriles is 1. The Balaban J connectivity index is 1.93. The lowest BCUT2D eigenvalue weighted by molar-refractivity contribution is 0.252. The van der Waals surface area contributed by atoms with Gasteiger partial charge in [-0.25, -0.2) is 4.79 Å². The zero-order valence-electron chi connectivity index (χ0n) is 14.4. The Labute approximate surface area is 156 Å². The molecule has 0 aliphatic rings. The number of hydrogen-bond acceptors (Lipinski definition) is 4. The summed E-state index contributed by atoms with van der Waals surface area (Å²) in [7, 11) is 0. The molecule has 0 radical (unpaired) electrons. The molecule has 2 aromatic carbocycles. The van der Waals surface area contributed by atoms with Gasteiger partial charge in [0.2, 0.25) is 0 Å².